The van der Waals surface area contributed by atoms with E-state index in [2.05, 4.69) is 24.3 Å². The Morgan fingerprint density at radius 2 is 1.34 bits per heavy atom. The number of hydrogen-bond acceptors (Lipinski definition) is 4. The van der Waals surface area contributed by atoms with E-state index in [1.165, 1.54) is 11.8 Å². The minimum absolute atomic E-state index is 0.0157. The smallest absolute Gasteiger partial charge is 0.409 e. The topological polar surface area (TPSA) is 46.6 Å². The van der Waals surface area contributed by atoms with Crippen LogP contribution in [0.2, 0.25) is 0 Å². The maximum Gasteiger partial charge on any atom is 0.409 e. The minimum atomic E-state index is -0.592. The van der Waals surface area contributed by atoms with Crippen molar-refractivity contribution in [3.05, 3.63) is 95.6 Å². The molecule has 0 atom stereocenters. The summed E-state index contributed by atoms with van der Waals surface area (Å²) < 4.78 is 5.89. The standard InChI is InChI=1S/C27H27NO3S/c1-3-28(4-2)26(30)31-18-27(19-32-25(29)20-12-6-5-7-13-20)23-16-10-8-14-21(23)22-15-9-11-17-24(22)27/h5-17H,3-4,18-19H2,1-2H3. The highest BCUT2D eigenvalue weighted by Crippen LogP contribution is 2.50. The molecule has 0 spiro atoms. The first-order valence-corrected chi connectivity index (χ1v) is 11.9. The fraction of sp³-hybridized carbons (Fsp3) is 0.259. The molecule has 1 amide bonds. The van der Waals surface area contributed by atoms with E-state index in [0.29, 0.717) is 24.4 Å². The van der Waals surface area contributed by atoms with Crippen LogP contribution in [-0.4, -0.2) is 41.6 Å². The number of hydrogen-bond donors (Lipinski definition) is 0. The first kappa shape index (κ1) is 22.2. The number of fused-ring (bicyclic) bond motifs is 3. The van der Waals surface area contributed by atoms with Crippen LogP contribution >= 0.6 is 11.8 Å². The first-order valence-electron chi connectivity index (χ1n) is 10.9. The summed E-state index contributed by atoms with van der Waals surface area (Å²) in [5, 5.41) is 0.0157. The van der Waals surface area contributed by atoms with E-state index in [1.54, 1.807) is 4.90 Å². The number of carbonyl (C=O) groups excluding carboxylic acids is 2. The minimum Gasteiger partial charge on any atom is -0.448 e. The Morgan fingerprint density at radius 1 is 0.812 bits per heavy atom. The van der Waals surface area contributed by atoms with Crippen molar-refractivity contribution in [2.75, 3.05) is 25.4 Å². The quantitative estimate of drug-likeness (QED) is 0.447. The van der Waals surface area contributed by atoms with E-state index >= 15 is 0 Å². The normalized spacial score (nSPS) is 13.2. The average Bonchev–Trinajstić information content (AvgIpc) is 3.13. The van der Waals surface area contributed by atoms with E-state index < -0.39 is 5.41 Å². The van der Waals surface area contributed by atoms with Crippen LogP contribution in [0, 0.1) is 0 Å². The van der Waals surface area contributed by atoms with Crippen molar-refractivity contribution in [3.63, 3.8) is 0 Å². The lowest BCUT2D eigenvalue weighted by Gasteiger charge is -2.32. The second kappa shape index (κ2) is 9.61. The number of benzene rings is 3. The number of carbonyl (C=O) groups is 2. The average molecular weight is 446 g/mol. The maximum atomic E-state index is 13.0. The van der Waals surface area contributed by atoms with Crippen LogP contribution < -0.4 is 0 Å². The lowest BCUT2D eigenvalue weighted by Crippen LogP contribution is -2.39. The molecule has 32 heavy (non-hydrogen) atoms. The van der Waals surface area contributed by atoms with Crippen molar-refractivity contribution >= 4 is 23.0 Å². The molecule has 1 aliphatic rings. The summed E-state index contributed by atoms with van der Waals surface area (Å²) in [5.41, 5.74) is 4.55. The summed E-state index contributed by atoms with van der Waals surface area (Å²) in [6.45, 7) is 5.25. The molecule has 0 N–H and O–H groups in total. The molecule has 4 rings (SSSR count). The van der Waals surface area contributed by atoms with Gasteiger partial charge in [-0.1, -0.05) is 90.6 Å². The van der Waals surface area contributed by atoms with Crippen LogP contribution in [0.1, 0.15) is 35.3 Å². The molecule has 3 aromatic carbocycles. The fourth-order valence-electron chi connectivity index (χ4n) is 4.37. The van der Waals surface area contributed by atoms with Gasteiger partial charge in [0.1, 0.15) is 6.61 Å². The number of rotatable bonds is 7. The highest BCUT2D eigenvalue weighted by Gasteiger charge is 2.44. The number of thioether (sulfide) groups is 1. The molecular formula is C27H27NO3S. The van der Waals surface area contributed by atoms with Crippen LogP contribution in [0.25, 0.3) is 11.1 Å². The van der Waals surface area contributed by atoms with E-state index in [9.17, 15) is 9.59 Å². The van der Waals surface area contributed by atoms with E-state index in [0.717, 1.165) is 22.3 Å². The first-order chi connectivity index (χ1) is 15.6. The molecule has 1 aliphatic carbocycles. The van der Waals surface area contributed by atoms with Gasteiger partial charge >= 0.3 is 6.09 Å². The lowest BCUT2D eigenvalue weighted by molar-refractivity contribution is 0.0928. The van der Waals surface area contributed by atoms with E-state index in [4.69, 9.17) is 4.74 Å². The molecule has 0 heterocycles. The van der Waals surface area contributed by atoms with Crippen molar-refractivity contribution in [2.24, 2.45) is 0 Å². The maximum absolute atomic E-state index is 13.0. The van der Waals surface area contributed by atoms with Gasteiger partial charge in [0.25, 0.3) is 0 Å². The summed E-state index contributed by atoms with van der Waals surface area (Å²) in [6, 6.07) is 25.8. The van der Waals surface area contributed by atoms with Crippen molar-refractivity contribution in [3.8, 4) is 11.1 Å². The monoisotopic (exact) mass is 445 g/mol. The molecule has 0 bridgehead atoms. The highest BCUT2D eigenvalue weighted by atomic mass is 32.2. The van der Waals surface area contributed by atoms with Crippen LogP contribution in [0.15, 0.2) is 78.9 Å². The number of nitrogens with zero attached hydrogens (tertiary/aromatic N) is 1. The lowest BCUT2D eigenvalue weighted by atomic mass is 9.81. The summed E-state index contributed by atoms with van der Waals surface area (Å²) in [4.78, 5) is 27.3. The molecule has 3 aromatic rings. The Kier molecular flexibility index (Phi) is 6.66. The third kappa shape index (κ3) is 4.05. The van der Waals surface area contributed by atoms with Gasteiger partial charge in [-0.25, -0.2) is 4.79 Å². The predicted octanol–water partition coefficient (Wildman–Crippen LogP) is 6.01. The summed E-state index contributed by atoms with van der Waals surface area (Å²) >= 11 is 1.28. The SMILES string of the molecule is CCN(CC)C(=O)OCC1(CSC(=O)c2ccccc2)c2ccccc2-c2ccccc21. The van der Waals surface area contributed by atoms with Crippen molar-refractivity contribution in [1.29, 1.82) is 0 Å². The number of amides is 1. The molecule has 0 saturated carbocycles. The predicted molar refractivity (Wildman–Crippen MR) is 130 cm³/mol. The number of ether oxygens (including phenoxy) is 1. The Hall–Kier alpha value is -3.05. The molecule has 0 radical (unpaired) electrons. The van der Waals surface area contributed by atoms with E-state index in [-0.39, 0.29) is 17.8 Å². The van der Waals surface area contributed by atoms with Gasteiger partial charge in [0.15, 0.2) is 0 Å². The van der Waals surface area contributed by atoms with Crippen LogP contribution in [0.4, 0.5) is 4.79 Å². The zero-order valence-corrected chi connectivity index (χ0v) is 19.2. The zero-order valence-electron chi connectivity index (χ0n) is 18.4. The summed E-state index contributed by atoms with van der Waals surface area (Å²) in [7, 11) is 0. The van der Waals surface area contributed by atoms with Gasteiger partial charge < -0.3 is 9.64 Å². The van der Waals surface area contributed by atoms with Gasteiger partial charge in [-0.05, 0) is 36.1 Å². The van der Waals surface area contributed by atoms with Crippen molar-refractivity contribution < 1.29 is 14.3 Å². The highest BCUT2D eigenvalue weighted by molar-refractivity contribution is 8.14. The Labute approximate surface area is 193 Å². The Morgan fingerprint density at radius 3 is 1.91 bits per heavy atom. The van der Waals surface area contributed by atoms with Gasteiger partial charge in [-0.2, -0.15) is 0 Å². The van der Waals surface area contributed by atoms with Crippen molar-refractivity contribution in [2.45, 2.75) is 19.3 Å². The van der Waals surface area contributed by atoms with E-state index in [1.807, 2.05) is 68.4 Å². The second-order valence-electron chi connectivity index (χ2n) is 7.84. The molecule has 0 unspecified atom stereocenters. The van der Waals surface area contributed by atoms with Crippen LogP contribution in [0.5, 0.6) is 0 Å². The molecular weight excluding hydrogens is 418 g/mol. The molecule has 0 aliphatic heterocycles. The second-order valence-corrected chi connectivity index (χ2v) is 8.79. The molecule has 0 fully saturated rings. The largest absolute Gasteiger partial charge is 0.448 e. The van der Waals surface area contributed by atoms with Gasteiger partial charge in [0.2, 0.25) is 5.12 Å². The van der Waals surface area contributed by atoms with Crippen LogP contribution in [-0.2, 0) is 10.2 Å². The van der Waals surface area contributed by atoms with Gasteiger partial charge in [-0.3, -0.25) is 4.79 Å². The fourth-order valence-corrected chi connectivity index (χ4v) is 5.45. The zero-order chi connectivity index (χ0) is 22.6. The molecule has 0 saturated heterocycles. The van der Waals surface area contributed by atoms with Gasteiger partial charge in [0.05, 0.1) is 5.41 Å². The summed E-state index contributed by atoms with van der Waals surface area (Å²) in [5.74, 6) is 0.486. The van der Waals surface area contributed by atoms with Crippen molar-refractivity contribution in [1.82, 2.24) is 4.90 Å². The molecule has 164 valence electrons. The molecule has 5 heteroatoms. The third-order valence-electron chi connectivity index (χ3n) is 6.10. The summed E-state index contributed by atoms with van der Waals surface area (Å²) in [6.07, 6.45) is -0.323. The van der Waals surface area contributed by atoms with Gasteiger partial charge in [0, 0.05) is 24.4 Å². The Balaban J connectivity index is 1.71. The van der Waals surface area contributed by atoms with Crippen LogP contribution in [0.3, 0.4) is 0 Å². The Bertz CT molecular complexity index is 1060. The molecule has 0 aromatic heterocycles. The third-order valence-corrected chi connectivity index (χ3v) is 7.23. The molecule has 4 nitrogen and oxygen atoms in total. The van der Waals surface area contributed by atoms with Gasteiger partial charge in [-0.15, -0.1) is 0 Å².